The summed E-state index contributed by atoms with van der Waals surface area (Å²) < 4.78 is 23.2. The maximum atomic E-state index is 12.6. The van der Waals surface area contributed by atoms with E-state index in [1.807, 2.05) is 11.0 Å². The number of rotatable bonds is 3. The summed E-state index contributed by atoms with van der Waals surface area (Å²) in [4.78, 5) is 18.9. The Hall–Kier alpha value is -0.920. The van der Waals surface area contributed by atoms with Crippen LogP contribution in [0, 0.1) is 6.92 Å². The standard InChI is InChI=1S/C16H24N2O3S2/c1-3-14-12(2)10-15(22-14)16(19)18-7-5-17(6-8-18)13-4-9-23(20,21)11-13/h10,13H,3-9,11H2,1-2H3. The molecule has 1 aromatic heterocycles. The number of hydrogen-bond donors (Lipinski definition) is 0. The molecule has 2 aliphatic rings. The highest BCUT2D eigenvalue weighted by molar-refractivity contribution is 7.91. The van der Waals surface area contributed by atoms with Crippen LogP contribution >= 0.6 is 11.3 Å². The topological polar surface area (TPSA) is 57.7 Å². The van der Waals surface area contributed by atoms with Crippen LogP contribution in [0.15, 0.2) is 6.07 Å². The third kappa shape index (κ3) is 3.61. The van der Waals surface area contributed by atoms with Gasteiger partial charge in [0, 0.05) is 37.1 Å². The first-order valence-electron chi connectivity index (χ1n) is 8.22. The Morgan fingerprint density at radius 3 is 2.52 bits per heavy atom. The smallest absolute Gasteiger partial charge is 0.264 e. The third-order valence-corrected chi connectivity index (χ3v) is 8.00. The van der Waals surface area contributed by atoms with Gasteiger partial charge in [0.1, 0.15) is 0 Å². The van der Waals surface area contributed by atoms with E-state index in [1.165, 1.54) is 10.4 Å². The molecule has 7 heteroatoms. The maximum Gasteiger partial charge on any atom is 0.264 e. The number of hydrogen-bond acceptors (Lipinski definition) is 5. The number of thiophene rings is 1. The van der Waals surface area contributed by atoms with Gasteiger partial charge in [-0.15, -0.1) is 11.3 Å². The summed E-state index contributed by atoms with van der Waals surface area (Å²) >= 11 is 1.60. The van der Waals surface area contributed by atoms with Crippen LogP contribution < -0.4 is 0 Å². The van der Waals surface area contributed by atoms with Crippen LogP contribution in [0.5, 0.6) is 0 Å². The van der Waals surface area contributed by atoms with Crippen molar-refractivity contribution in [3.63, 3.8) is 0 Å². The van der Waals surface area contributed by atoms with Crippen LogP contribution in [-0.2, 0) is 16.3 Å². The van der Waals surface area contributed by atoms with Gasteiger partial charge < -0.3 is 4.90 Å². The molecule has 23 heavy (non-hydrogen) atoms. The lowest BCUT2D eigenvalue weighted by atomic mass is 10.2. The maximum absolute atomic E-state index is 12.6. The molecule has 0 radical (unpaired) electrons. The molecule has 1 aromatic rings. The van der Waals surface area contributed by atoms with Gasteiger partial charge in [-0.3, -0.25) is 9.69 Å². The molecule has 0 spiro atoms. The molecule has 0 N–H and O–H groups in total. The summed E-state index contributed by atoms with van der Waals surface area (Å²) in [6, 6.07) is 2.15. The Bertz CT molecular complexity index is 688. The lowest BCUT2D eigenvalue weighted by molar-refractivity contribution is 0.0592. The van der Waals surface area contributed by atoms with E-state index in [0.29, 0.717) is 18.8 Å². The molecule has 0 saturated carbocycles. The molecule has 128 valence electrons. The minimum absolute atomic E-state index is 0.122. The van der Waals surface area contributed by atoms with Crippen molar-refractivity contribution in [2.75, 3.05) is 37.7 Å². The van der Waals surface area contributed by atoms with Crippen molar-refractivity contribution in [1.29, 1.82) is 0 Å². The lowest BCUT2D eigenvalue weighted by Crippen LogP contribution is -2.52. The summed E-state index contributed by atoms with van der Waals surface area (Å²) in [5.41, 5.74) is 1.20. The van der Waals surface area contributed by atoms with E-state index in [1.54, 1.807) is 11.3 Å². The van der Waals surface area contributed by atoms with Crippen LogP contribution in [0.25, 0.3) is 0 Å². The molecule has 1 atom stereocenters. The van der Waals surface area contributed by atoms with Crippen molar-refractivity contribution >= 4 is 27.1 Å². The summed E-state index contributed by atoms with van der Waals surface area (Å²) in [5, 5.41) is 0. The van der Waals surface area contributed by atoms with Crippen molar-refractivity contribution in [3.8, 4) is 0 Å². The Balaban J connectivity index is 1.59. The molecule has 0 aromatic carbocycles. The van der Waals surface area contributed by atoms with E-state index in [4.69, 9.17) is 0 Å². The molecule has 1 unspecified atom stereocenters. The highest BCUT2D eigenvalue weighted by Crippen LogP contribution is 2.25. The van der Waals surface area contributed by atoms with Gasteiger partial charge >= 0.3 is 0 Å². The number of amides is 1. The molecule has 2 fully saturated rings. The Morgan fingerprint density at radius 2 is 2.00 bits per heavy atom. The molecular formula is C16H24N2O3S2. The predicted molar refractivity (Wildman–Crippen MR) is 93.0 cm³/mol. The highest BCUT2D eigenvalue weighted by Gasteiger charge is 2.34. The number of carbonyl (C=O) groups is 1. The van der Waals surface area contributed by atoms with E-state index in [9.17, 15) is 13.2 Å². The molecule has 3 rings (SSSR count). The van der Waals surface area contributed by atoms with Crippen molar-refractivity contribution in [1.82, 2.24) is 9.80 Å². The van der Waals surface area contributed by atoms with E-state index < -0.39 is 9.84 Å². The number of nitrogens with zero attached hydrogens (tertiary/aromatic N) is 2. The van der Waals surface area contributed by atoms with Gasteiger partial charge in [0.05, 0.1) is 16.4 Å². The average Bonchev–Trinajstić information content (AvgIpc) is 3.09. The second-order valence-corrected chi connectivity index (χ2v) is 9.82. The van der Waals surface area contributed by atoms with E-state index in [2.05, 4.69) is 18.7 Å². The summed E-state index contributed by atoms with van der Waals surface area (Å²) in [5.74, 6) is 0.715. The molecule has 5 nitrogen and oxygen atoms in total. The van der Waals surface area contributed by atoms with Crippen LogP contribution in [0.1, 0.15) is 33.5 Å². The Morgan fingerprint density at radius 1 is 1.30 bits per heavy atom. The van der Waals surface area contributed by atoms with E-state index >= 15 is 0 Å². The predicted octanol–water partition coefficient (Wildman–Crippen LogP) is 1.56. The third-order valence-electron chi connectivity index (χ3n) is 4.88. The molecule has 3 heterocycles. The van der Waals surface area contributed by atoms with Crippen LogP contribution in [0.4, 0.5) is 0 Å². The monoisotopic (exact) mass is 356 g/mol. The molecule has 2 saturated heterocycles. The van der Waals surface area contributed by atoms with E-state index in [0.717, 1.165) is 30.8 Å². The van der Waals surface area contributed by atoms with Gasteiger partial charge in [0.2, 0.25) is 0 Å². The van der Waals surface area contributed by atoms with Gasteiger partial charge in [0.15, 0.2) is 9.84 Å². The fraction of sp³-hybridized carbons (Fsp3) is 0.688. The van der Waals surface area contributed by atoms with Gasteiger partial charge in [-0.1, -0.05) is 6.92 Å². The van der Waals surface area contributed by atoms with E-state index in [-0.39, 0.29) is 17.7 Å². The summed E-state index contributed by atoms with van der Waals surface area (Å²) in [6.07, 6.45) is 1.70. The minimum atomic E-state index is -2.84. The van der Waals surface area contributed by atoms with Crippen LogP contribution in [-0.4, -0.2) is 67.9 Å². The van der Waals surface area contributed by atoms with Crippen LogP contribution in [0.2, 0.25) is 0 Å². The molecule has 0 bridgehead atoms. The fourth-order valence-corrected chi connectivity index (χ4v) is 6.33. The molecule has 1 amide bonds. The van der Waals surface area contributed by atoms with Crippen molar-refractivity contribution in [2.24, 2.45) is 0 Å². The number of piperazine rings is 1. The molecule has 2 aliphatic heterocycles. The first-order chi connectivity index (χ1) is 10.9. The quantitative estimate of drug-likeness (QED) is 0.825. The minimum Gasteiger partial charge on any atom is -0.335 e. The number of sulfone groups is 1. The normalized spacial score (nSPS) is 25.0. The van der Waals surface area contributed by atoms with Crippen molar-refractivity contribution < 1.29 is 13.2 Å². The number of carbonyl (C=O) groups excluding carboxylic acids is 1. The molecule has 0 aliphatic carbocycles. The SMILES string of the molecule is CCc1sc(C(=O)N2CCN(C3CCS(=O)(=O)C3)CC2)cc1C. The lowest BCUT2D eigenvalue weighted by Gasteiger charge is -2.37. The zero-order valence-corrected chi connectivity index (χ0v) is 15.4. The van der Waals surface area contributed by atoms with Crippen molar-refractivity contribution in [3.05, 3.63) is 21.4 Å². The Labute approximate surface area is 142 Å². The van der Waals surface area contributed by atoms with Gasteiger partial charge in [-0.2, -0.15) is 0 Å². The molecular weight excluding hydrogens is 332 g/mol. The number of aryl methyl sites for hydroxylation is 2. The zero-order valence-electron chi connectivity index (χ0n) is 13.7. The fourth-order valence-electron chi connectivity index (χ4n) is 3.49. The zero-order chi connectivity index (χ0) is 16.6. The first kappa shape index (κ1) is 16.9. The van der Waals surface area contributed by atoms with Crippen LogP contribution in [0.3, 0.4) is 0 Å². The summed E-state index contributed by atoms with van der Waals surface area (Å²) in [6.45, 7) is 7.10. The first-order valence-corrected chi connectivity index (χ1v) is 10.9. The van der Waals surface area contributed by atoms with Gasteiger partial charge in [-0.25, -0.2) is 8.42 Å². The second kappa shape index (κ2) is 6.53. The largest absolute Gasteiger partial charge is 0.335 e. The second-order valence-electron chi connectivity index (χ2n) is 6.46. The average molecular weight is 357 g/mol. The van der Waals surface area contributed by atoms with Crippen molar-refractivity contribution in [2.45, 2.75) is 32.7 Å². The summed E-state index contributed by atoms with van der Waals surface area (Å²) in [7, 11) is -2.84. The highest BCUT2D eigenvalue weighted by atomic mass is 32.2. The van der Waals surface area contributed by atoms with Gasteiger partial charge in [0.25, 0.3) is 5.91 Å². The Kier molecular flexibility index (Phi) is 4.80. The van der Waals surface area contributed by atoms with Gasteiger partial charge in [-0.05, 0) is 31.4 Å².